The maximum Gasteiger partial charge on any atom is 0.307 e. The fourth-order valence-electron chi connectivity index (χ4n) is 2.03. The number of amides is 1. The molecule has 94 valence electrons. The molecule has 5 heteroatoms. The molecule has 5 nitrogen and oxygen atoms in total. The number of hydrogen-bond acceptors (Lipinski definition) is 3. The number of carboxylic acid groups (broad SMARTS) is 1. The van der Waals surface area contributed by atoms with Crippen LogP contribution in [0.25, 0.3) is 0 Å². The Morgan fingerprint density at radius 2 is 1.94 bits per heavy atom. The second-order valence-corrected chi connectivity index (χ2v) is 4.20. The van der Waals surface area contributed by atoms with Crippen molar-refractivity contribution < 1.29 is 14.7 Å². The lowest BCUT2D eigenvalue weighted by molar-refractivity contribution is -0.146. The Hall–Kier alpha value is -2.17. The summed E-state index contributed by atoms with van der Waals surface area (Å²) in [6, 6.07) is 5.18. The van der Waals surface area contributed by atoms with E-state index in [0.717, 1.165) is 0 Å². The van der Waals surface area contributed by atoms with E-state index in [4.69, 9.17) is 5.11 Å². The number of anilines is 1. The van der Waals surface area contributed by atoms with E-state index in [-0.39, 0.29) is 5.91 Å². The number of carbonyl (C=O) groups is 2. The zero-order chi connectivity index (χ0) is 13.0. The number of allylic oxidation sites excluding steroid dienone is 2. The van der Waals surface area contributed by atoms with Gasteiger partial charge < -0.3 is 10.4 Å². The van der Waals surface area contributed by atoms with Crippen molar-refractivity contribution in [3.8, 4) is 0 Å². The highest BCUT2D eigenvalue weighted by atomic mass is 16.4. The minimum absolute atomic E-state index is 0.287. The van der Waals surface area contributed by atoms with E-state index in [1.54, 1.807) is 24.4 Å². The Balaban J connectivity index is 2.08. The summed E-state index contributed by atoms with van der Waals surface area (Å²) in [6.07, 6.45) is 6.09. The lowest BCUT2D eigenvalue weighted by Crippen LogP contribution is -2.34. The number of aromatic nitrogens is 1. The van der Waals surface area contributed by atoms with Gasteiger partial charge in [0.15, 0.2) is 0 Å². The van der Waals surface area contributed by atoms with Crippen molar-refractivity contribution in [1.82, 2.24) is 4.98 Å². The highest BCUT2D eigenvalue weighted by molar-refractivity contribution is 5.94. The van der Waals surface area contributed by atoms with Crippen LogP contribution in [-0.2, 0) is 9.59 Å². The monoisotopic (exact) mass is 246 g/mol. The summed E-state index contributed by atoms with van der Waals surface area (Å²) in [5.41, 5.74) is 0. The molecule has 1 aromatic rings. The Morgan fingerprint density at radius 3 is 2.56 bits per heavy atom. The maximum absolute atomic E-state index is 12.0. The van der Waals surface area contributed by atoms with E-state index in [9.17, 15) is 9.59 Å². The number of rotatable bonds is 3. The fraction of sp³-hybridized carbons (Fsp3) is 0.308. The van der Waals surface area contributed by atoms with Gasteiger partial charge in [0.2, 0.25) is 5.91 Å². The van der Waals surface area contributed by atoms with Gasteiger partial charge in [-0.2, -0.15) is 0 Å². The Kier molecular flexibility index (Phi) is 3.72. The van der Waals surface area contributed by atoms with Crippen molar-refractivity contribution in [3.05, 3.63) is 36.5 Å². The summed E-state index contributed by atoms with van der Waals surface area (Å²) in [6.45, 7) is 0. The summed E-state index contributed by atoms with van der Waals surface area (Å²) in [5, 5.41) is 11.7. The van der Waals surface area contributed by atoms with E-state index in [2.05, 4.69) is 10.3 Å². The van der Waals surface area contributed by atoms with Crippen LogP contribution in [0.3, 0.4) is 0 Å². The summed E-state index contributed by atoms with van der Waals surface area (Å²) < 4.78 is 0. The van der Waals surface area contributed by atoms with Crippen LogP contribution in [0.15, 0.2) is 36.5 Å². The molecule has 2 rings (SSSR count). The molecular formula is C13H14N2O3. The first kappa shape index (κ1) is 12.3. The molecule has 2 N–H and O–H groups in total. The molecule has 0 saturated carbocycles. The molecule has 0 radical (unpaired) electrons. The molecule has 18 heavy (non-hydrogen) atoms. The van der Waals surface area contributed by atoms with E-state index >= 15 is 0 Å². The minimum Gasteiger partial charge on any atom is -0.481 e. The zero-order valence-electron chi connectivity index (χ0n) is 9.74. The van der Waals surface area contributed by atoms with E-state index in [1.165, 1.54) is 0 Å². The average molecular weight is 246 g/mol. The molecule has 1 heterocycles. The number of aliphatic carboxylic acids is 1. The number of nitrogens with one attached hydrogen (secondary N) is 1. The summed E-state index contributed by atoms with van der Waals surface area (Å²) >= 11 is 0. The van der Waals surface area contributed by atoms with Gasteiger partial charge in [-0.15, -0.1) is 0 Å². The third-order valence-corrected chi connectivity index (χ3v) is 3.00. The lowest BCUT2D eigenvalue weighted by Gasteiger charge is -2.23. The standard InChI is InChI=1S/C13H14N2O3/c16-12(15-11-7-3-4-8-14-11)9-5-1-2-6-10(9)13(17)18/h1-4,7-10H,5-6H2,(H,17,18)(H,14,15,16)/t9-,10-/m0/s1. The van der Waals surface area contributed by atoms with Crippen LogP contribution in [0.5, 0.6) is 0 Å². The summed E-state index contributed by atoms with van der Waals surface area (Å²) in [7, 11) is 0. The first-order valence-electron chi connectivity index (χ1n) is 5.78. The Morgan fingerprint density at radius 1 is 1.22 bits per heavy atom. The topological polar surface area (TPSA) is 79.3 Å². The van der Waals surface area contributed by atoms with Crippen LogP contribution in [0.2, 0.25) is 0 Å². The van der Waals surface area contributed by atoms with E-state index < -0.39 is 17.8 Å². The van der Waals surface area contributed by atoms with Gasteiger partial charge in [-0.1, -0.05) is 18.2 Å². The quantitative estimate of drug-likeness (QED) is 0.795. The molecule has 0 aromatic carbocycles. The third kappa shape index (κ3) is 2.74. The van der Waals surface area contributed by atoms with Gasteiger partial charge in [0.25, 0.3) is 0 Å². The van der Waals surface area contributed by atoms with Crippen LogP contribution in [0, 0.1) is 11.8 Å². The van der Waals surface area contributed by atoms with Crippen molar-refractivity contribution in [2.45, 2.75) is 12.8 Å². The first-order valence-corrected chi connectivity index (χ1v) is 5.78. The van der Waals surface area contributed by atoms with Gasteiger partial charge in [-0.05, 0) is 25.0 Å². The molecular weight excluding hydrogens is 232 g/mol. The van der Waals surface area contributed by atoms with Gasteiger partial charge in [-0.25, -0.2) is 4.98 Å². The molecule has 2 atom stereocenters. The molecule has 0 fully saturated rings. The zero-order valence-corrected chi connectivity index (χ0v) is 9.74. The van der Waals surface area contributed by atoms with Crippen molar-refractivity contribution in [1.29, 1.82) is 0 Å². The highest BCUT2D eigenvalue weighted by Crippen LogP contribution is 2.26. The summed E-state index contributed by atoms with van der Waals surface area (Å²) in [5.74, 6) is -1.96. The molecule has 0 unspecified atom stereocenters. The molecule has 1 aliphatic carbocycles. The third-order valence-electron chi connectivity index (χ3n) is 3.00. The molecule has 0 aliphatic heterocycles. The second kappa shape index (κ2) is 5.44. The number of carboxylic acids is 1. The van der Waals surface area contributed by atoms with E-state index in [0.29, 0.717) is 18.7 Å². The molecule has 0 spiro atoms. The normalized spacial score (nSPS) is 22.4. The number of carbonyl (C=O) groups excluding carboxylic acids is 1. The maximum atomic E-state index is 12.0. The average Bonchev–Trinajstić information content (AvgIpc) is 2.40. The van der Waals surface area contributed by atoms with Crippen LogP contribution < -0.4 is 5.32 Å². The SMILES string of the molecule is O=C(O)[C@H]1CC=CC[C@@H]1C(=O)Nc1ccccn1. The second-order valence-electron chi connectivity index (χ2n) is 4.20. The molecule has 0 bridgehead atoms. The Labute approximate surface area is 105 Å². The lowest BCUT2D eigenvalue weighted by atomic mass is 9.82. The molecule has 1 amide bonds. The summed E-state index contributed by atoms with van der Waals surface area (Å²) in [4.78, 5) is 27.1. The fourth-order valence-corrected chi connectivity index (χ4v) is 2.03. The molecule has 1 aliphatic rings. The number of hydrogen-bond donors (Lipinski definition) is 2. The molecule has 0 saturated heterocycles. The number of nitrogens with zero attached hydrogens (tertiary/aromatic N) is 1. The smallest absolute Gasteiger partial charge is 0.307 e. The predicted octanol–water partition coefficient (Wildman–Crippen LogP) is 1.69. The van der Waals surface area contributed by atoms with Crippen LogP contribution >= 0.6 is 0 Å². The van der Waals surface area contributed by atoms with Crippen molar-refractivity contribution >= 4 is 17.7 Å². The largest absolute Gasteiger partial charge is 0.481 e. The predicted molar refractivity (Wildman–Crippen MR) is 65.9 cm³/mol. The van der Waals surface area contributed by atoms with Gasteiger partial charge in [0.05, 0.1) is 11.8 Å². The highest BCUT2D eigenvalue weighted by Gasteiger charge is 2.33. The van der Waals surface area contributed by atoms with Crippen LogP contribution in [-0.4, -0.2) is 22.0 Å². The van der Waals surface area contributed by atoms with Crippen LogP contribution in [0.1, 0.15) is 12.8 Å². The van der Waals surface area contributed by atoms with Gasteiger partial charge in [0, 0.05) is 6.20 Å². The van der Waals surface area contributed by atoms with E-state index in [1.807, 2.05) is 12.2 Å². The molecule has 1 aromatic heterocycles. The van der Waals surface area contributed by atoms with Crippen molar-refractivity contribution in [2.24, 2.45) is 11.8 Å². The minimum atomic E-state index is -0.930. The Bertz CT molecular complexity index is 470. The van der Waals surface area contributed by atoms with Gasteiger partial charge >= 0.3 is 5.97 Å². The van der Waals surface area contributed by atoms with Crippen molar-refractivity contribution in [2.75, 3.05) is 5.32 Å². The van der Waals surface area contributed by atoms with Gasteiger partial charge in [0.1, 0.15) is 5.82 Å². The van der Waals surface area contributed by atoms with Gasteiger partial charge in [-0.3, -0.25) is 9.59 Å². The van der Waals surface area contributed by atoms with Crippen LogP contribution in [0.4, 0.5) is 5.82 Å². The van der Waals surface area contributed by atoms with Crippen molar-refractivity contribution in [3.63, 3.8) is 0 Å². The first-order chi connectivity index (χ1) is 8.68. The number of pyridine rings is 1.